The molecule has 1 aromatic carbocycles. The highest BCUT2D eigenvalue weighted by Gasteiger charge is 2.07. The van der Waals surface area contributed by atoms with E-state index in [1.807, 2.05) is 31.3 Å². The molecule has 0 aliphatic heterocycles. The topological polar surface area (TPSA) is 61.9 Å². The van der Waals surface area contributed by atoms with Crippen LogP contribution in [0.15, 0.2) is 36.9 Å². The van der Waals surface area contributed by atoms with E-state index in [2.05, 4.69) is 18.0 Å². The van der Waals surface area contributed by atoms with Crippen LogP contribution in [-0.2, 0) is 0 Å². The van der Waals surface area contributed by atoms with Gasteiger partial charge in [-0.25, -0.2) is 0 Å². The van der Waals surface area contributed by atoms with E-state index in [4.69, 9.17) is 11.1 Å². The van der Waals surface area contributed by atoms with E-state index >= 15 is 0 Å². The molecule has 1 saturated carbocycles. The molecule has 4 N–H and O–H groups in total. The van der Waals surface area contributed by atoms with Gasteiger partial charge in [0.05, 0.1) is 0 Å². The number of allylic oxidation sites excluding steroid dienone is 1. The molecule has 104 valence electrons. The number of anilines is 1. The molecule has 0 atom stereocenters. The van der Waals surface area contributed by atoms with Crippen molar-refractivity contribution in [3.63, 3.8) is 0 Å². The SMILES string of the molecule is C=CC1CCCCC1.CNc1ccc(C(=N)N)cc1. The summed E-state index contributed by atoms with van der Waals surface area (Å²) in [4.78, 5) is 0. The smallest absolute Gasteiger partial charge is 0.122 e. The Morgan fingerprint density at radius 1 is 1.26 bits per heavy atom. The van der Waals surface area contributed by atoms with Crippen LogP contribution in [-0.4, -0.2) is 12.9 Å². The summed E-state index contributed by atoms with van der Waals surface area (Å²) in [5, 5.41) is 10.1. The van der Waals surface area contributed by atoms with Crippen LogP contribution in [0.25, 0.3) is 0 Å². The van der Waals surface area contributed by atoms with Gasteiger partial charge in [0.1, 0.15) is 5.84 Å². The van der Waals surface area contributed by atoms with Gasteiger partial charge in [-0.1, -0.05) is 25.3 Å². The monoisotopic (exact) mass is 259 g/mol. The molecule has 0 heterocycles. The van der Waals surface area contributed by atoms with Crippen molar-refractivity contribution in [2.75, 3.05) is 12.4 Å². The van der Waals surface area contributed by atoms with Crippen molar-refractivity contribution in [1.29, 1.82) is 5.41 Å². The molecule has 0 bridgehead atoms. The van der Waals surface area contributed by atoms with E-state index in [-0.39, 0.29) is 5.84 Å². The Balaban J connectivity index is 0.000000200. The molecule has 3 nitrogen and oxygen atoms in total. The fourth-order valence-corrected chi connectivity index (χ4v) is 2.19. The molecule has 0 radical (unpaired) electrons. The number of nitrogens with one attached hydrogen (secondary N) is 2. The molecule has 1 aliphatic rings. The third-order valence-electron chi connectivity index (χ3n) is 3.47. The zero-order chi connectivity index (χ0) is 14.1. The Morgan fingerprint density at radius 2 is 1.84 bits per heavy atom. The molecule has 0 saturated heterocycles. The maximum atomic E-state index is 7.12. The van der Waals surface area contributed by atoms with Gasteiger partial charge in [0.25, 0.3) is 0 Å². The summed E-state index contributed by atoms with van der Waals surface area (Å²) in [6.45, 7) is 3.78. The second kappa shape index (κ2) is 8.35. The Bertz CT molecular complexity index is 389. The predicted molar refractivity (Wildman–Crippen MR) is 83.8 cm³/mol. The lowest BCUT2D eigenvalue weighted by Crippen LogP contribution is -2.10. The Kier molecular flexibility index (Phi) is 6.72. The number of hydrogen-bond donors (Lipinski definition) is 3. The van der Waals surface area contributed by atoms with Crippen LogP contribution in [0, 0.1) is 11.3 Å². The Labute approximate surface area is 116 Å². The Hall–Kier alpha value is -1.77. The lowest BCUT2D eigenvalue weighted by molar-refractivity contribution is 0.420. The molecule has 19 heavy (non-hydrogen) atoms. The van der Waals surface area contributed by atoms with Gasteiger partial charge >= 0.3 is 0 Å². The standard InChI is InChI=1S/C8H11N3.C8H14/c1-11-7-4-2-6(3-5-7)8(9)10;1-2-8-6-4-3-5-7-8/h2-5,11H,1H3,(H3,9,10);2,8H,1,3-7H2. The second-order valence-corrected chi connectivity index (χ2v) is 4.87. The van der Waals surface area contributed by atoms with Gasteiger partial charge in [0.15, 0.2) is 0 Å². The first-order valence-electron chi connectivity index (χ1n) is 6.92. The molecular weight excluding hydrogens is 234 g/mol. The van der Waals surface area contributed by atoms with Crippen LogP contribution < -0.4 is 11.1 Å². The van der Waals surface area contributed by atoms with Crippen molar-refractivity contribution in [3.05, 3.63) is 42.5 Å². The summed E-state index contributed by atoms with van der Waals surface area (Å²) >= 11 is 0. The van der Waals surface area contributed by atoms with E-state index in [1.54, 1.807) is 0 Å². The number of benzene rings is 1. The van der Waals surface area contributed by atoms with Crippen molar-refractivity contribution >= 4 is 11.5 Å². The lowest BCUT2D eigenvalue weighted by Gasteiger charge is -2.16. The largest absolute Gasteiger partial charge is 0.388 e. The van der Waals surface area contributed by atoms with E-state index in [0.717, 1.165) is 17.2 Å². The molecule has 1 fully saturated rings. The molecule has 0 spiro atoms. The van der Waals surface area contributed by atoms with Crippen molar-refractivity contribution < 1.29 is 0 Å². The number of amidine groups is 1. The van der Waals surface area contributed by atoms with Gasteiger partial charge in [-0.05, 0) is 43.0 Å². The summed E-state index contributed by atoms with van der Waals surface area (Å²) in [5.74, 6) is 0.955. The molecule has 2 rings (SSSR count). The van der Waals surface area contributed by atoms with Gasteiger partial charge < -0.3 is 11.1 Å². The first-order valence-corrected chi connectivity index (χ1v) is 6.92. The molecule has 1 aliphatic carbocycles. The minimum atomic E-state index is 0.104. The minimum absolute atomic E-state index is 0.104. The van der Waals surface area contributed by atoms with Crippen LogP contribution in [0.5, 0.6) is 0 Å². The molecule has 3 heteroatoms. The van der Waals surface area contributed by atoms with Gasteiger partial charge in [-0.15, -0.1) is 6.58 Å². The highest BCUT2D eigenvalue weighted by molar-refractivity contribution is 5.95. The normalized spacial score (nSPS) is 15.0. The fraction of sp³-hybridized carbons (Fsp3) is 0.438. The van der Waals surface area contributed by atoms with E-state index in [9.17, 15) is 0 Å². The fourth-order valence-electron chi connectivity index (χ4n) is 2.19. The summed E-state index contributed by atoms with van der Waals surface area (Å²) in [6, 6.07) is 7.40. The number of nitrogens with two attached hydrogens (primary N) is 1. The maximum Gasteiger partial charge on any atom is 0.122 e. The quantitative estimate of drug-likeness (QED) is 0.439. The average molecular weight is 259 g/mol. The molecular formula is C16H25N3. The third kappa shape index (κ3) is 5.60. The summed E-state index contributed by atoms with van der Waals surface area (Å²) < 4.78 is 0. The van der Waals surface area contributed by atoms with E-state index < -0.39 is 0 Å². The van der Waals surface area contributed by atoms with Crippen molar-refractivity contribution in [3.8, 4) is 0 Å². The second-order valence-electron chi connectivity index (χ2n) is 4.87. The van der Waals surface area contributed by atoms with Crippen LogP contribution in [0.2, 0.25) is 0 Å². The van der Waals surface area contributed by atoms with Gasteiger partial charge in [-0.3, -0.25) is 5.41 Å². The van der Waals surface area contributed by atoms with Gasteiger partial charge in [-0.2, -0.15) is 0 Å². The summed E-state index contributed by atoms with van der Waals surface area (Å²) in [7, 11) is 1.85. The van der Waals surface area contributed by atoms with Gasteiger partial charge in [0.2, 0.25) is 0 Å². The molecule has 0 unspecified atom stereocenters. The van der Waals surface area contributed by atoms with Crippen LogP contribution in [0.4, 0.5) is 5.69 Å². The zero-order valence-corrected chi connectivity index (χ0v) is 11.8. The van der Waals surface area contributed by atoms with Crippen molar-refractivity contribution in [2.24, 2.45) is 11.7 Å². The van der Waals surface area contributed by atoms with E-state index in [1.165, 1.54) is 32.1 Å². The van der Waals surface area contributed by atoms with Crippen LogP contribution >= 0.6 is 0 Å². The summed E-state index contributed by atoms with van der Waals surface area (Å²) in [6.07, 6.45) is 9.20. The predicted octanol–water partition coefficient (Wildman–Crippen LogP) is 3.77. The van der Waals surface area contributed by atoms with Crippen molar-refractivity contribution in [1.82, 2.24) is 0 Å². The first-order chi connectivity index (χ1) is 9.17. The number of nitrogen functional groups attached to an aromatic ring is 1. The molecule has 1 aromatic rings. The Morgan fingerprint density at radius 3 is 2.21 bits per heavy atom. The number of hydrogen-bond acceptors (Lipinski definition) is 2. The summed E-state index contributed by atoms with van der Waals surface area (Å²) in [5.41, 5.74) is 7.05. The maximum absolute atomic E-state index is 7.12. The van der Waals surface area contributed by atoms with Crippen molar-refractivity contribution in [2.45, 2.75) is 32.1 Å². The number of rotatable bonds is 3. The zero-order valence-electron chi connectivity index (χ0n) is 11.8. The van der Waals surface area contributed by atoms with E-state index in [0.29, 0.717) is 0 Å². The highest BCUT2D eigenvalue weighted by Crippen LogP contribution is 2.23. The average Bonchev–Trinajstić information content (AvgIpc) is 2.48. The third-order valence-corrected chi connectivity index (χ3v) is 3.47. The highest BCUT2D eigenvalue weighted by atomic mass is 14.8. The lowest BCUT2D eigenvalue weighted by atomic mass is 9.90. The van der Waals surface area contributed by atoms with Crippen LogP contribution in [0.1, 0.15) is 37.7 Å². The molecule has 0 aromatic heterocycles. The first kappa shape index (κ1) is 15.3. The van der Waals surface area contributed by atoms with Crippen LogP contribution in [0.3, 0.4) is 0 Å². The van der Waals surface area contributed by atoms with Gasteiger partial charge in [0, 0.05) is 18.3 Å². The minimum Gasteiger partial charge on any atom is -0.388 e. The molecule has 0 amide bonds.